The summed E-state index contributed by atoms with van der Waals surface area (Å²) in [5.41, 5.74) is 0.290. The van der Waals surface area contributed by atoms with Crippen LogP contribution in [-0.4, -0.2) is 20.4 Å². The van der Waals surface area contributed by atoms with Gasteiger partial charge in [0.1, 0.15) is 5.69 Å². The van der Waals surface area contributed by atoms with Crippen LogP contribution in [0, 0.1) is 0 Å². The SMILES string of the molecule is CC(C)c1n[nH]c2cc(O)c(O)c(Cl)c2c1=O. The van der Waals surface area contributed by atoms with Gasteiger partial charge in [0.2, 0.25) is 5.43 Å². The van der Waals surface area contributed by atoms with Crippen molar-refractivity contribution in [2.75, 3.05) is 0 Å². The van der Waals surface area contributed by atoms with Gasteiger partial charge >= 0.3 is 0 Å². The molecule has 1 heterocycles. The van der Waals surface area contributed by atoms with E-state index in [1.807, 2.05) is 13.8 Å². The number of H-pyrrole nitrogens is 1. The van der Waals surface area contributed by atoms with Crippen LogP contribution in [0.4, 0.5) is 0 Å². The molecule has 90 valence electrons. The quantitative estimate of drug-likeness (QED) is 0.681. The normalized spacial score (nSPS) is 11.3. The van der Waals surface area contributed by atoms with E-state index in [9.17, 15) is 15.0 Å². The maximum absolute atomic E-state index is 12.1. The zero-order chi connectivity index (χ0) is 12.7. The smallest absolute Gasteiger partial charge is 0.213 e. The van der Waals surface area contributed by atoms with E-state index < -0.39 is 11.5 Å². The third-order valence-electron chi connectivity index (χ3n) is 2.52. The van der Waals surface area contributed by atoms with E-state index in [4.69, 9.17) is 11.6 Å². The Morgan fingerprint density at radius 2 is 2.06 bits per heavy atom. The Labute approximate surface area is 102 Å². The lowest BCUT2D eigenvalue weighted by Crippen LogP contribution is -2.15. The van der Waals surface area contributed by atoms with Crippen molar-refractivity contribution in [2.24, 2.45) is 0 Å². The van der Waals surface area contributed by atoms with Crippen molar-refractivity contribution in [3.63, 3.8) is 0 Å². The fourth-order valence-electron chi connectivity index (χ4n) is 1.63. The highest BCUT2D eigenvalue weighted by Gasteiger charge is 2.17. The second-order valence-electron chi connectivity index (χ2n) is 4.07. The molecule has 0 atom stereocenters. The first kappa shape index (κ1) is 11.7. The maximum atomic E-state index is 12.1. The minimum Gasteiger partial charge on any atom is -0.504 e. The van der Waals surface area contributed by atoms with E-state index in [-0.39, 0.29) is 21.8 Å². The largest absolute Gasteiger partial charge is 0.504 e. The molecule has 5 nitrogen and oxygen atoms in total. The highest BCUT2D eigenvalue weighted by atomic mass is 35.5. The Morgan fingerprint density at radius 1 is 1.41 bits per heavy atom. The summed E-state index contributed by atoms with van der Waals surface area (Å²) in [6.07, 6.45) is 0. The standard InChI is InChI=1S/C11H11ClN2O3/c1-4(2)9-11(17)7-5(13-14-9)3-6(15)10(16)8(7)12/h3-4,15-16H,1-2H3,(H,13,17). The number of aromatic amines is 1. The summed E-state index contributed by atoms with van der Waals surface area (Å²) in [7, 11) is 0. The van der Waals surface area contributed by atoms with E-state index in [1.54, 1.807) is 0 Å². The van der Waals surface area contributed by atoms with Crippen molar-refractivity contribution in [2.45, 2.75) is 19.8 Å². The summed E-state index contributed by atoms with van der Waals surface area (Å²) in [6.45, 7) is 3.66. The van der Waals surface area contributed by atoms with Gasteiger partial charge in [-0.3, -0.25) is 9.89 Å². The Hall–Kier alpha value is -1.75. The molecule has 0 radical (unpaired) electrons. The van der Waals surface area contributed by atoms with Gasteiger partial charge in [-0.25, -0.2) is 0 Å². The predicted molar refractivity (Wildman–Crippen MR) is 64.8 cm³/mol. The number of hydrogen-bond acceptors (Lipinski definition) is 4. The Morgan fingerprint density at radius 3 is 2.65 bits per heavy atom. The molecule has 0 saturated carbocycles. The molecule has 1 aromatic carbocycles. The predicted octanol–water partition coefficient (Wildman–Crippen LogP) is 2.11. The van der Waals surface area contributed by atoms with Gasteiger partial charge in [0, 0.05) is 12.0 Å². The van der Waals surface area contributed by atoms with Crippen LogP contribution in [0.5, 0.6) is 11.5 Å². The Balaban J connectivity index is 2.95. The van der Waals surface area contributed by atoms with Crippen LogP contribution >= 0.6 is 11.6 Å². The van der Waals surface area contributed by atoms with Gasteiger partial charge in [0.25, 0.3) is 0 Å². The third-order valence-corrected chi connectivity index (χ3v) is 2.89. The molecule has 0 unspecified atom stereocenters. The van der Waals surface area contributed by atoms with E-state index in [1.165, 1.54) is 6.07 Å². The lowest BCUT2D eigenvalue weighted by atomic mass is 10.1. The molecule has 0 fully saturated rings. The second kappa shape index (κ2) is 3.92. The molecule has 0 aliphatic carbocycles. The summed E-state index contributed by atoms with van der Waals surface area (Å²) in [6, 6.07) is 1.22. The van der Waals surface area contributed by atoms with Crippen molar-refractivity contribution in [3.05, 3.63) is 27.0 Å². The first-order chi connectivity index (χ1) is 7.93. The molecular weight excluding hydrogens is 244 g/mol. The van der Waals surface area contributed by atoms with Gasteiger partial charge in [-0.1, -0.05) is 25.4 Å². The van der Waals surface area contributed by atoms with Crippen LogP contribution in [0.1, 0.15) is 25.5 Å². The summed E-state index contributed by atoms with van der Waals surface area (Å²) in [4.78, 5) is 12.1. The zero-order valence-electron chi connectivity index (χ0n) is 9.28. The highest BCUT2D eigenvalue weighted by molar-refractivity contribution is 6.37. The lowest BCUT2D eigenvalue weighted by molar-refractivity contribution is 0.405. The van der Waals surface area contributed by atoms with E-state index in [0.717, 1.165) is 0 Å². The van der Waals surface area contributed by atoms with Crippen molar-refractivity contribution in [1.82, 2.24) is 10.2 Å². The van der Waals surface area contributed by atoms with Crippen molar-refractivity contribution in [1.29, 1.82) is 0 Å². The number of aromatic hydroxyl groups is 2. The molecule has 0 aliphatic rings. The van der Waals surface area contributed by atoms with Crippen molar-refractivity contribution < 1.29 is 10.2 Å². The fourth-order valence-corrected chi connectivity index (χ4v) is 1.91. The topological polar surface area (TPSA) is 86.2 Å². The number of phenols is 2. The van der Waals surface area contributed by atoms with E-state index >= 15 is 0 Å². The molecule has 2 rings (SSSR count). The molecule has 0 bridgehead atoms. The Kier molecular flexibility index (Phi) is 2.71. The first-order valence-corrected chi connectivity index (χ1v) is 5.44. The number of benzene rings is 1. The number of halogens is 1. The second-order valence-corrected chi connectivity index (χ2v) is 4.45. The van der Waals surface area contributed by atoms with Crippen LogP contribution in [0.3, 0.4) is 0 Å². The van der Waals surface area contributed by atoms with Crippen LogP contribution in [-0.2, 0) is 0 Å². The van der Waals surface area contributed by atoms with Crippen LogP contribution in [0.2, 0.25) is 5.02 Å². The number of nitrogens with zero attached hydrogens (tertiary/aromatic N) is 1. The number of fused-ring (bicyclic) bond motifs is 1. The molecule has 0 amide bonds. The number of nitrogens with one attached hydrogen (secondary N) is 1. The van der Waals surface area contributed by atoms with Gasteiger partial charge in [-0.15, -0.1) is 0 Å². The summed E-state index contributed by atoms with van der Waals surface area (Å²) < 4.78 is 0. The molecule has 0 aliphatic heterocycles. The minimum atomic E-state index is -0.495. The summed E-state index contributed by atoms with van der Waals surface area (Å²) >= 11 is 5.86. The highest BCUT2D eigenvalue weighted by Crippen LogP contribution is 2.37. The molecule has 0 spiro atoms. The van der Waals surface area contributed by atoms with Gasteiger partial charge in [0.05, 0.1) is 15.9 Å². The molecule has 0 saturated heterocycles. The first-order valence-electron chi connectivity index (χ1n) is 5.06. The number of hydrogen-bond donors (Lipinski definition) is 3. The number of phenolic OH excluding ortho intramolecular Hbond substituents is 2. The maximum Gasteiger partial charge on any atom is 0.213 e. The average Bonchev–Trinajstić information content (AvgIpc) is 2.25. The summed E-state index contributed by atoms with van der Waals surface area (Å²) in [5, 5.41) is 25.4. The summed E-state index contributed by atoms with van der Waals surface area (Å²) in [5.74, 6) is -0.946. The Bertz CT molecular complexity index is 649. The third kappa shape index (κ3) is 1.72. The van der Waals surface area contributed by atoms with Gasteiger partial charge in [0.15, 0.2) is 11.5 Å². The van der Waals surface area contributed by atoms with Crippen molar-refractivity contribution >= 4 is 22.5 Å². The molecular formula is C11H11ClN2O3. The van der Waals surface area contributed by atoms with E-state index in [0.29, 0.717) is 11.2 Å². The van der Waals surface area contributed by atoms with Crippen LogP contribution < -0.4 is 5.43 Å². The molecule has 17 heavy (non-hydrogen) atoms. The molecule has 3 N–H and O–H groups in total. The molecule has 1 aromatic heterocycles. The van der Waals surface area contributed by atoms with Gasteiger partial charge in [-0.2, -0.15) is 5.10 Å². The van der Waals surface area contributed by atoms with Gasteiger partial charge in [-0.05, 0) is 0 Å². The number of rotatable bonds is 1. The van der Waals surface area contributed by atoms with Crippen LogP contribution in [0.15, 0.2) is 10.9 Å². The minimum absolute atomic E-state index is 0.0600. The fraction of sp³-hybridized carbons (Fsp3) is 0.273. The van der Waals surface area contributed by atoms with Crippen molar-refractivity contribution in [3.8, 4) is 11.5 Å². The zero-order valence-corrected chi connectivity index (χ0v) is 10.0. The monoisotopic (exact) mass is 254 g/mol. The average molecular weight is 255 g/mol. The molecule has 6 heteroatoms. The van der Waals surface area contributed by atoms with Crippen LogP contribution in [0.25, 0.3) is 10.9 Å². The van der Waals surface area contributed by atoms with E-state index in [2.05, 4.69) is 10.2 Å². The lowest BCUT2D eigenvalue weighted by Gasteiger charge is -2.08. The van der Waals surface area contributed by atoms with Gasteiger partial charge < -0.3 is 10.2 Å². The number of aromatic nitrogens is 2. The molecule has 2 aromatic rings.